The maximum atomic E-state index is 13.5. The Labute approximate surface area is 240 Å². The van der Waals surface area contributed by atoms with Crippen molar-refractivity contribution in [1.29, 1.82) is 0 Å². The zero-order valence-corrected chi connectivity index (χ0v) is 24.4. The van der Waals surface area contributed by atoms with Crippen molar-refractivity contribution in [3.63, 3.8) is 0 Å². The molecule has 0 heterocycles. The summed E-state index contributed by atoms with van der Waals surface area (Å²) in [5.74, 6) is -0.144. The minimum Gasteiger partial charge on any atom is -1.00 e. The van der Waals surface area contributed by atoms with Crippen LogP contribution in [0.2, 0.25) is 0 Å². The van der Waals surface area contributed by atoms with Crippen LogP contribution in [0, 0.1) is 5.92 Å². The van der Waals surface area contributed by atoms with Gasteiger partial charge in [0.15, 0.2) is 0 Å². The molecule has 1 unspecified atom stereocenters. The fourth-order valence-electron chi connectivity index (χ4n) is 5.10. The fraction of sp³-hybridized carbons (Fsp3) is 0.286. The Morgan fingerprint density at radius 1 is 0.703 bits per heavy atom. The molecule has 2 aromatic carbocycles. The summed E-state index contributed by atoms with van der Waals surface area (Å²) in [6.07, 6.45) is -9.03. The maximum absolute atomic E-state index is 13.5. The van der Waals surface area contributed by atoms with Crippen molar-refractivity contribution < 1.29 is 75.9 Å². The number of halogens is 8. The van der Waals surface area contributed by atoms with Crippen LogP contribution in [0.4, 0.5) is 26.3 Å². The third kappa shape index (κ3) is 5.89. The average molecular weight is 636 g/mol. The van der Waals surface area contributed by atoms with Crippen LogP contribution in [-0.2, 0) is 37.1 Å². The number of benzene rings is 2. The van der Waals surface area contributed by atoms with E-state index in [-0.39, 0.29) is 42.4 Å². The predicted octanol–water partition coefficient (Wildman–Crippen LogP) is 3.15. The molecule has 2 aliphatic carbocycles. The van der Waals surface area contributed by atoms with Gasteiger partial charge in [-0.2, -0.15) is 0 Å². The SMILES string of the molecule is CC1=C(C)C(c2ccccc2)=C(C2C(C)=C(C)C(c3cc(C(F)(F)F)cc(C(F)(F)F)c3)=[C]2[Zr+2])C1.[Cl-].[Cl-]. The molecule has 37 heavy (non-hydrogen) atoms. The van der Waals surface area contributed by atoms with Crippen molar-refractivity contribution in [1.82, 2.24) is 0 Å². The first-order valence-electron chi connectivity index (χ1n) is 11.1. The van der Waals surface area contributed by atoms with E-state index in [4.69, 9.17) is 0 Å². The van der Waals surface area contributed by atoms with E-state index in [9.17, 15) is 26.3 Å². The topological polar surface area (TPSA) is 0 Å². The van der Waals surface area contributed by atoms with Crippen molar-refractivity contribution in [2.75, 3.05) is 0 Å². The molecule has 2 aromatic rings. The Bertz CT molecular complexity index is 1300. The standard InChI is InChI=1S/C28H23F6.2ClH.Zr/c1-15-10-25(26(16(15)2)19-8-6-5-7-9-19)24-14-23(17(3)18(24)4)20-11-21(27(29,30)31)13-22(12-20)28(32,33)34;;;/h5-9,11-13,24H,10H2,1-4H3;2*1H;/q;;;+2/p-2. The van der Waals surface area contributed by atoms with Gasteiger partial charge in [0, 0.05) is 0 Å². The van der Waals surface area contributed by atoms with Gasteiger partial charge in [-0.05, 0) is 0 Å². The molecular formula is C28H23Cl2F6Zr. The van der Waals surface area contributed by atoms with Crippen LogP contribution in [0.3, 0.4) is 0 Å². The van der Waals surface area contributed by atoms with E-state index in [2.05, 4.69) is 13.8 Å². The smallest absolute Gasteiger partial charge is 1.00 e. The number of hydrogen-bond acceptors (Lipinski definition) is 0. The second kappa shape index (κ2) is 11.3. The number of rotatable bonds is 3. The van der Waals surface area contributed by atoms with E-state index >= 15 is 0 Å². The van der Waals surface area contributed by atoms with Gasteiger partial charge in [-0.15, -0.1) is 0 Å². The van der Waals surface area contributed by atoms with E-state index in [1.54, 1.807) is 6.92 Å². The first-order valence-corrected chi connectivity index (χ1v) is 12.3. The average Bonchev–Trinajstić information content (AvgIpc) is 3.18. The van der Waals surface area contributed by atoms with Crippen LogP contribution >= 0.6 is 0 Å². The summed E-state index contributed by atoms with van der Waals surface area (Å²) >= 11 is 0.968. The van der Waals surface area contributed by atoms with Gasteiger partial charge in [-0.3, -0.25) is 0 Å². The monoisotopic (exact) mass is 633 g/mol. The molecule has 0 saturated heterocycles. The molecule has 0 fully saturated rings. The van der Waals surface area contributed by atoms with E-state index in [0.29, 0.717) is 5.57 Å². The maximum Gasteiger partial charge on any atom is -1.00 e. The van der Waals surface area contributed by atoms with Crippen molar-refractivity contribution in [2.45, 2.75) is 46.5 Å². The summed E-state index contributed by atoms with van der Waals surface area (Å²) in [5.41, 5.74) is 5.37. The quantitative estimate of drug-likeness (QED) is 0.455. The van der Waals surface area contributed by atoms with Crippen molar-refractivity contribution in [3.05, 3.63) is 102 Å². The van der Waals surface area contributed by atoms with Crippen molar-refractivity contribution in [3.8, 4) is 0 Å². The largest absolute Gasteiger partial charge is 1.00 e. The van der Waals surface area contributed by atoms with Gasteiger partial charge in [-0.25, -0.2) is 0 Å². The molecule has 0 radical (unpaired) electrons. The van der Waals surface area contributed by atoms with E-state index in [0.717, 1.165) is 74.4 Å². The third-order valence-electron chi connectivity index (χ3n) is 7.04. The molecular weight excluding hydrogens is 612 g/mol. The molecule has 195 valence electrons. The minimum atomic E-state index is -4.88. The van der Waals surface area contributed by atoms with E-state index in [1.807, 2.05) is 37.3 Å². The molecule has 0 aliphatic heterocycles. The summed E-state index contributed by atoms with van der Waals surface area (Å²) in [6.45, 7) is 7.88. The summed E-state index contributed by atoms with van der Waals surface area (Å²) in [4.78, 5) is 0. The predicted molar refractivity (Wildman–Crippen MR) is 122 cm³/mol. The molecule has 1 atom stereocenters. The molecule has 0 amide bonds. The van der Waals surface area contributed by atoms with Crippen LogP contribution in [0.1, 0.15) is 56.4 Å². The van der Waals surface area contributed by atoms with Crippen LogP contribution in [0.25, 0.3) is 11.1 Å². The van der Waals surface area contributed by atoms with Crippen LogP contribution in [0.5, 0.6) is 0 Å². The van der Waals surface area contributed by atoms with Gasteiger partial charge >= 0.3 is 217 Å². The van der Waals surface area contributed by atoms with Gasteiger partial charge in [0.2, 0.25) is 0 Å². The third-order valence-corrected chi connectivity index (χ3v) is 8.36. The van der Waals surface area contributed by atoms with Crippen molar-refractivity contribution in [2.24, 2.45) is 5.92 Å². The van der Waals surface area contributed by atoms with Gasteiger partial charge in [-0.1, -0.05) is 0 Å². The Balaban J connectivity index is 0.00000241. The van der Waals surface area contributed by atoms with Crippen LogP contribution < -0.4 is 24.8 Å². The van der Waals surface area contributed by atoms with Crippen LogP contribution in [0.15, 0.2) is 79.7 Å². The minimum absolute atomic E-state index is 0. The Morgan fingerprint density at radius 2 is 1.22 bits per heavy atom. The summed E-state index contributed by atoms with van der Waals surface area (Å²) < 4.78 is 82.1. The van der Waals surface area contributed by atoms with Gasteiger partial charge in [0.05, 0.1) is 0 Å². The first-order chi connectivity index (χ1) is 16.2. The Morgan fingerprint density at radius 3 is 1.70 bits per heavy atom. The molecule has 0 aromatic heterocycles. The molecule has 0 saturated carbocycles. The molecule has 0 nitrogen and oxygen atoms in total. The molecule has 2 aliphatic rings. The molecule has 0 bridgehead atoms. The van der Waals surface area contributed by atoms with Gasteiger partial charge in [0.25, 0.3) is 0 Å². The van der Waals surface area contributed by atoms with Crippen molar-refractivity contribution >= 4 is 11.1 Å². The summed E-state index contributed by atoms with van der Waals surface area (Å²) in [7, 11) is 0. The number of allylic oxidation sites excluding steroid dienone is 8. The normalized spacial score (nSPS) is 18.5. The van der Waals surface area contributed by atoms with Gasteiger partial charge < -0.3 is 24.8 Å². The Kier molecular flexibility index (Phi) is 9.65. The molecule has 9 heteroatoms. The second-order valence-corrected chi connectivity index (χ2v) is 10.5. The molecule has 0 spiro atoms. The number of alkyl halides is 6. The summed E-state index contributed by atoms with van der Waals surface area (Å²) in [6, 6.07) is 11.8. The molecule has 0 N–H and O–H groups in total. The fourth-order valence-corrected chi connectivity index (χ4v) is 6.87. The van der Waals surface area contributed by atoms with E-state index in [1.165, 1.54) is 11.1 Å². The number of hydrogen-bond donors (Lipinski definition) is 0. The zero-order valence-electron chi connectivity index (χ0n) is 20.4. The van der Waals surface area contributed by atoms with Gasteiger partial charge in [0.1, 0.15) is 0 Å². The molecule has 4 rings (SSSR count). The van der Waals surface area contributed by atoms with E-state index < -0.39 is 23.5 Å². The summed E-state index contributed by atoms with van der Waals surface area (Å²) in [5, 5.41) is 0. The van der Waals surface area contributed by atoms with Crippen LogP contribution in [-0.4, -0.2) is 0 Å². The Hall–Kier alpha value is -1.56. The first kappa shape index (κ1) is 31.7. The second-order valence-electron chi connectivity index (χ2n) is 9.17. The zero-order chi connectivity index (χ0) is 25.9.